The fraction of sp³-hybridized carbons (Fsp3) is 0.467. The molecule has 0 aliphatic heterocycles. The van der Waals surface area contributed by atoms with Gasteiger partial charge >= 0.3 is 0 Å². The number of rotatable bonds is 7. The number of aromatic nitrogens is 2. The van der Waals surface area contributed by atoms with Crippen LogP contribution in [0.3, 0.4) is 0 Å². The van der Waals surface area contributed by atoms with Crippen molar-refractivity contribution in [2.24, 2.45) is 0 Å². The molecule has 0 aliphatic rings. The Bertz CT molecular complexity index is 539. The summed E-state index contributed by atoms with van der Waals surface area (Å²) in [5.41, 5.74) is 1.01. The first kappa shape index (κ1) is 14.9. The highest BCUT2D eigenvalue weighted by Gasteiger charge is 2.10. The van der Waals surface area contributed by atoms with E-state index in [2.05, 4.69) is 29.4 Å². The van der Waals surface area contributed by atoms with Gasteiger partial charge in [-0.05, 0) is 25.1 Å². The number of nitrogens with one attached hydrogen (secondary N) is 1. The Labute approximate surface area is 124 Å². The van der Waals surface area contributed by atoms with Gasteiger partial charge in [-0.15, -0.1) is 10.2 Å². The molecule has 0 bridgehead atoms. The van der Waals surface area contributed by atoms with Crippen molar-refractivity contribution in [3.63, 3.8) is 0 Å². The number of benzene rings is 1. The lowest BCUT2D eigenvalue weighted by molar-refractivity contribution is 0.416. The number of nitrogens with zero attached hydrogens (tertiary/aromatic N) is 2. The standard InChI is InChI=1S/C15H21N3OS/c1-11(2)16-10-6-9-14-17-18-15(20-14)12-7-4-5-8-13(12)19-3/h4-5,7-8,11,16H,6,9-10H2,1-3H3. The molecule has 0 atom stereocenters. The van der Waals surface area contributed by atoms with E-state index in [1.165, 1.54) is 0 Å². The lowest BCUT2D eigenvalue weighted by Crippen LogP contribution is -2.23. The van der Waals surface area contributed by atoms with Crippen molar-refractivity contribution in [1.29, 1.82) is 0 Å². The fourth-order valence-electron chi connectivity index (χ4n) is 1.92. The van der Waals surface area contributed by atoms with Crippen molar-refractivity contribution in [2.45, 2.75) is 32.7 Å². The molecular formula is C15H21N3OS. The maximum atomic E-state index is 5.36. The first-order chi connectivity index (χ1) is 9.70. The van der Waals surface area contributed by atoms with Gasteiger partial charge in [0.05, 0.1) is 12.7 Å². The van der Waals surface area contributed by atoms with E-state index in [1.54, 1.807) is 18.4 Å². The first-order valence-corrected chi connectivity index (χ1v) is 7.71. The number of methoxy groups -OCH3 is 1. The number of ether oxygens (including phenoxy) is 1. The molecule has 0 fully saturated rings. The van der Waals surface area contributed by atoms with Crippen LogP contribution < -0.4 is 10.1 Å². The highest BCUT2D eigenvalue weighted by atomic mass is 32.1. The summed E-state index contributed by atoms with van der Waals surface area (Å²) in [6.07, 6.45) is 2.05. The Kier molecular flexibility index (Phi) is 5.49. The van der Waals surface area contributed by atoms with Crippen LogP contribution in [0.2, 0.25) is 0 Å². The lowest BCUT2D eigenvalue weighted by Gasteiger charge is -2.06. The van der Waals surface area contributed by atoms with E-state index < -0.39 is 0 Å². The second-order valence-electron chi connectivity index (χ2n) is 4.91. The number of para-hydroxylation sites is 1. The van der Waals surface area contributed by atoms with Crippen LogP contribution in [-0.4, -0.2) is 29.9 Å². The van der Waals surface area contributed by atoms with Gasteiger partial charge in [0.25, 0.3) is 0 Å². The summed E-state index contributed by atoms with van der Waals surface area (Å²) in [4.78, 5) is 0. The maximum absolute atomic E-state index is 5.36. The van der Waals surface area contributed by atoms with Crippen LogP contribution in [0.1, 0.15) is 25.3 Å². The Morgan fingerprint density at radius 3 is 2.80 bits per heavy atom. The molecule has 108 valence electrons. The molecule has 0 aliphatic carbocycles. The van der Waals surface area contributed by atoms with Crippen LogP contribution in [-0.2, 0) is 6.42 Å². The van der Waals surface area contributed by atoms with Gasteiger partial charge < -0.3 is 10.1 Å². The molecule has 4 nitrogen and oxygen atoms in total. The van der Waals surface area contributed by atoms with Crippen molar-refractivity contribution in [1.82, 2.24) is 15.5 Å². The number of hydrogen-bond donors (Lipinski definition) is 1. The average molecular weight is 291 g/mol. The van der Waals surface area contributed by atoms with Crippen LogP contribution in [0.15, 0.2) is 24.3 Å². The molecule has 20 heavy (non-hydrogen) atoms. The van der Waals surface area contributed by atoms with Gasteiger partial charge in [0.2, 0.25) is 0 Å². The zero-order valence-electron chi connectivity index (χ0n) is 12.2. The normalized spacial score (nSPS) is 11.0. The second-order valence-corrected chi connectivity index (χ2v) is 5.98. The molecular weight excluding hydrogens is 270 g/mol. The van der Waals surface area contributed by atoms with E-state index in [9.17, 15) is 0 Å². The minimum Gasteiger partial charge on any atom is -0.496 e. The van der Waals surface area contributed by atoms with Gasteiger partial charge in [0.15, 0.2) is 5.01 Å². The minimum atomic E-state index is 0.536. The van der Waals surface area contributed by atoms with Crippen LogP contribution in [0.4, 0.5) is 0 Å². The largest absolute Gasteiger partial charge is 0.496 e. The summed E-state index contributed by atoms with van der Waals surface area (Å²) in [5.74, 6) is 0.844. The number of aryl methyl sites for hydroxylation is 1. The quantitative estimate of drug-likeness (QED) is 0.796. The van der Waals surface area contributed by atoms with Crippen LogP contribution >= 0.6 is 11.3 Å². The van der Waals surface area contributed by atoms with Crippen molar-refractivity contribution >= 4 is 11.3 Å². The minimum absolute atomic E-state index is 0.536. The smallest absolute Gasteiger partial charge is 0.151 e. The molecule has 2 rings (SSSR count). The van der Waals surface area contributed by atoms with Crippen LogP contribution in [0.5, 0.6) is 5.75 Å². The SMILES string of the molecule is COc1ccccc1-c1nnc(CCCNC(C)C)s1. The molecule has 1 aromatic carbocycles. The third-order valence-electron chi connectivity index (χ3n) is 2.92. The van der Waals surface area contributed by atoms with Crippen molar-refractivity contribution in [3.8, 4) is 16.3 Å². The molecule has 0 saturated carbocycles. The van der Waals surface area contributed by atoms with E-state index in [0.29, 0.717) is 6.04 Å². The zero-order chi connectivity index (χ0) is 14.4. The van der Waals surface area contributed by atoms with E-state index in [1.807, 2.05) is 24.3 Å². The summed E-state index contributed by atoms with van der Waals surface area (Å²) in [5, 5.41) is 14.0. The van der Waals surface area contributed by atoms with Gasteiger partial charge in [-0.2, -0.15) is 0 Å². The van der Waals surface area contributed by atoms with Gasteiger partial charge in [-0.25, -0.2) is 0 Å². The Morgan fingerprint density at radius 2 is 2.05 bits per heavy atom. The summed E-state index contributed by atoms with van der Waals surface area (Å²) >= 11 is 1.64. The van der Waals surface area contributed by atoms with E-state index in [0.717, 1.165) is 40.7 Å². The Balaban J connectivity index is 1.98. The number of hydrogen-bond acceptors (Lipinski definition) is 5. The zero-order valence-corrected chi connectivity index (χ0v) is 13.0. The molecule has 5 heteroatoms. The third kappa shape index (κ3) is 4.02. The van der Waals surface area contributed by atoms with Gasteiger partial charge in [-0.3, -0.25) is 0 Å². The second kappa shape index (κ2) is 7.36. The van der Waals surface area contributed by atoms with Gasteiger partial charge in [-0.1, -0.05) is 37.3 Å². The molecule has 2 aromatic rings. The highest BCUT2D eigenvalue weighted by Crippen LogP contribution is 2.31. The van der Waals surface area contributed by atoms with Gasteiger partial charge in [0.1, 0.15) is 10.8 Å². The molecule has 0 unspecified atom stereocenters. The van der Waals surface area contributed by atoms with Gasteiger partial charge in [0, 0.05) is 12.5 Å². The molecule has 0 radical (unpaired) electrons. The van der Waals surface area contributed by atoms with Crippen molar-refractivity contribution in [3.05, 3.63) is 29.3 Å². The fourth-order valence-corrected chi connectivity index (χ4v) is 2.83. The summed E-state index contributed by atoms with van der Waals surface area (Å²) in [6, 6.07) is 8.45. The monoisotopic (exact) mass is 291 g/mol. The summed E-state index contributed by atoms with van der Waals surface area (Å²) in [7, 11) is 1.68. The maximum Gasteiger partial charge on any atom is 0.151 e. The van der Waals surface area contributed by atoms with E-state index >= 15 is 0 Å². The molecule has 1 heterocycles. The Hall–Kier alpha value is -1.46. The van der Waals surface area contributed by atoms with E-state index in [-0.39, 0.29) is 0 Å². The lowest BCUT2D eigenvalue weighted by atomic mass is 10.2. The van der Waals surface area contributed by atoms with Crippen LogP contribution in [0, 0.1) is 0 Å². The van der Waals surface area contributed by atoms with E-state index in [4.69, 9.17) is 4.74 Å². The molecule has 0 spiro atoms. The predicted octanol–water partition coefficient (Wildman–Crippen LogP) is 3.14. The molecule has 1 N–H and O–H groups in total. The highest BCUT2D eigenvalue weighted by molar-refractivity contribution is 7.14. The Morgan fingerprint density at radius 1 is 1.25 bits per heavy atom. The average Bonchev–Trinajstić information content (AvgIpc) is 2.92. The summed E-state index contributed by atoms with van der Waals surface area (Å²) in [6.45, 7) is 5.33. The topological polar surface area (TPSA) is 47.0 Å². The van der Waals surface area contributed by atoms with Crippen molar-refractivity contribution in [2.75, 3.05) is 13.7 Å². The predicted molar refractivity (Wildman–Crippen MR) is 83.4 cm³/mol. The molecule has 1 aromatic heterocycles. The van der Waals surface area contributed by atoms with Crippen molar-refractivity contribution < 1.29 is 4.74 Å². The van der Waals surface area contributed by atoms with Crippen LogP contribution in [0.25, 0.3) is 10.6 Å². The summed E-state index contributed by atoms with van der Waals surface area (Å²) < 4.78 is 5.36. The first-order valence-electron chi connectivity index (χ1n) is 6.90. The molecule has 0 saturated heterocycles. The third-order valence-corrected chi connectivity index (χ3v) is 3.94. The molecule has 0 amide bonds.